The van der Waals surface area contributed by atoms with Crippen LogP contribution in [0.5, 0.6) is 0 Å². The Morgan fingerprint density at radius 3 is 2.67 bits per heavy atom. The monoisotopic (exact) mass is 305 g/mol. The minimum Gasteiger partial charge on any atom is -0.339 e. The molecule has 1 N–H and O–H groups in total. The largest absolute Gasteiger partial charge is 0.339 e. The van der Waals surface area contributed by atoms with E-state index in [0.29, 0.717) is 5.82 Å². The fraction of sp³-hybridized carbons (Fsp3) is 0.231. The van der Waals surface area contributed by atoms with E-state index < -0.39 is 10.0 Å². The molecule has 110 valence electrons. The van der Waals surface area contributed by atoms with E-state index in [1.165, 1.54) is 12.5 Å². The molecule has 2 heterocycles. The topological polar surface area (TPSA) is 81.8 Å². The third kappa shape index (κ3) is 2.27. The Morgan fingerprint density at radius 1 is 1.24 bits per heavy atom. The van der Waals surface area contributed by atoms with Crippen LogP contribution >= 0.6 is 0 Å². The van der Waals surface area contributed by atoms with Crippen molar-refractivity contribution in [3.05, 3.63) is 36.3 Å². The van der Waals surface area contributed by atoms with Gasteiger partial charge >= 0.3 is 0 Å². The highest BCUT2D eigenvalue weighted by molar-refractivity contribution is 7.92. The van der Waals surface area contributed by atoms with Gasteiger partial charge in [-0.2, -0.15) is 13.5 Å². The molecular formula is C13H15N5O2S. The first kappa shape index (κ1) is 13.6. The molecule has 21 heavy (non-hydrogen) atoms. The van der Waals surface area contributed by atoms with Crippen LogP contribution in [0.4, 0.5) is 5.82 Å². The zero-order valence-electron chi connectivity index (χ0n) is 11.9. The van der Waals surface area contributed by atoms with Crippen molar-refractivity contribution >= 4 is 26.7 Å². The summed E-state index contributed by atoms with van der Waals surface area (Å²) < 4.78 is 30.4. The van der Waals surface area contributed by atoms with Crippen molar-refractivity contribution in [3.8, 4) is 0 Å². The molecule has 0 saturated heterocycles. The van der Waals surface area contributed by atoms with E-state index in [2.05, 4.69) is 14.8 Å². The maximum Gasteiger partial charge on any atom is 0.282 e. The van der Waals surface area contributed by atoms with E-state index in [9.17, 15) is 8.42 Å². The van der Waals surface area contributed by atoms with Crippen molar-refractivity contribution in [2.45, 2.75) is 11.9 Å². The van der Waals surface area contributed by atoms with Gasteiger partial charge in [0.1, 0.15) is 0 Å². The van der Waals surface area contributed by atoms with Gasteiger partial charge < -0.3 is 4.57 Å². The summed E-state index contributed by atoms with van der Waals surface area (Å²) in [6.45, 7) is 1.96. The van der Waals surface area contributed by atoms with Crippen molar-refractivity contribution in [1.82, 2.24) is 19.3 Å². The molecule has 3 rings (SSSR count). The van der Waals surface area contributed by atoms with E-state index in [-0.39, 0.29) is 5.03 Å². The van der Waals surface area contributed by atoms with E-state index >= 15 is 0 Å². The molecule has 0 bridgehead atoms. The molecule has 8 heteroatoms. The van der Waals surface area contributed by atoms with Crippen molar-refractivity contribution < 1.29 is 8.42 Å². The molecule has 0 radical (unpaired) electrons. The SMILES string of the molecule is Cc1cccc2c(NS(=O)(=O)c3cn(C)cn3)nn(C)c12. The lowest BCUT2D eigenvalue weighted by Gasteiger charge is -2.02. The van der Waals surface area contributed by atoms with Crippen LogP contribution in [0, 0.1) is 6.92 Å². The highest BCUT2D eigenvalue weighted by Gasteiger charge is 2.20. The first-order valence-corrected chi connectivity index (χ1v) is 7.80. The Balaban J connectivity index is 2.09. The second-order valence-electron chi connectivity index (χ2n) is 4.93. The summed E-state index contributed by atoms with van der Waals surface area (Å²) >= 11 is 0. The number of sulfonamides is 1. The molecule has 0 spiro atoms. The Bertz CT molecular complexity index is 923. The third-order valence-electron chi connectivity index (χ3n) is 3.25. The minimum absolute atomic E-state index is 0.0311. The summed E-state index contributed by atoms with van der Waals surface area (Å²) in [6.07, 6.45) is 2.88. The quantitative estimate of drug-likeness (QED) is 0.793. The molecule has 0 amide bonds. The molecule has 3 aromatic rings. The molecule has 0 unspecified atom stereocenters. The summed E-state index contributed by atoms with van der Waals surface area (Å²) in [5.74, 6) is 0.307. The van der Waals surface area contributed by atoms with Gasteiger partial charge in [0.05, 0.1) is 11.8 Å². The first-order valence-electron chi connectivity index (χ1n) is 6.31. The highest BCUT2D eigenvalue weighted by atomic mass is 32.2. The average molecular weight is 305 g/mol. The standard InChI is InChI=1S/C13H15N5O2S/c1-9-5-4-6-10-12(9)18(3)15-13(10)16-21(19,20)11-7-17(2)8-14-11/h4-8H,1-3H3,(H,15,16). The van der Waals surface area contributed by atoms with Crippen molar-refractivity contribution in [3.63, 3.8) is 0 Å². The van der Waals surface area contributed by atoms with Gasteiger partial charge in [-0.05, 0) is 18.6 Å². The predicted molar refractivity (Wildman–Crippen MR) is 79.5 cm³/mol. The zero-order chi connectivity index (χ0) is 15.2. The predicted octanol–water partition coefficient (Wildman–Crippen LogP) is 1.42. The Kier molecular flexibility index (Phi) is 2.98. The number of rotatable bonds is 3. The normalized spacial score (nSPS) is 12.0. The van der Waals surface area contributed by atoms with Gasteiger partial charge in [0.2, 0.25) is 0 Å². The number of anilines is 1. The summed E-state index contributed by atoms with van der Waals surface area (Å²) in [5.41, 5.74) is 1.93. The van der Waals surface area contributed by atoms with Gasteiger partial charge in [0, 0.05) is 25.7 Å². The third-order valence-corrected chi connectivity index (χ3v) is 4.48. The molecule has 0 aliphatic heterocycles. The number of benzene rings is 1. The van der Waals surface area contributed by atoms with Crippen LogP contribution in [0.3, 0.4) is 0 Å². The summed E-state index contributed by atoms with van der Waals surface area (Å²) in [7, 11) is -0.242. The number of aryl methyl sites for hydroxylation is 3. The maximum atomic E-state index is 12.3. The van der Waals surface area contributed by atoms with Gasteiger partial charge in [0.25, 0.3) is 10.0 Å². The van der Waals surface area contributed by atoms with Crippen LogP contribution in [0.1, 0.15) is 5.56 Å². The van der Waals surface area contributed by atoms with Crippen LogP contribution in [-0.2, 0) is 24.1 Å². The maximum absolute atomic E-state index is 12.3. The fourth-order valence-corrected chi connectivity index (χ4v) is 3.32. The summed E-state index contributed by atoms with van der Waals surface area (Å²) in [4.78, 5) is 3.87. The number of nitrogens with zero attached hydrogens (tertiary/aromatic N) is 4. The van der Waals surface area contributed by atoms with Crippen LogP contribution in [0.15, 0.2) is 35.7 Å². The molecular weight excluding hydrogens is 290 g/mol. The number of nitrogens with one attached hydrogen (secondary N) is 1. The number of hydrogen-bond donors (Lipinski definition) is 1. The minimum atomic E-state index is -3.74. The molecule has 0 saturated carbocycles. The molecule has 2 aromatic heterocycles. The van der Waals surface area contributed by atoms with E-state index in [1.54, 1.807) is 23.3 Å². The Hall–Kier alpha value is -2.35. The van der Waals surface area contributed by atoms with E-state index in [1.807, 2.05) is 25.1 Å². The highest BCUT2D eigenvalue weighted by Crippen LogP contribution is 2.26. The van der Waals surface area contributed by atoms with Crippen LogP contribution in [0.2, 0.25) is 0 Å². The zero-order valence-corrected chi connectivity index (χ0v) is 12.7. The van der Waals surface area contributed by atoms with Crippen molar-refractivity contribution in [2.75, 3.05) is 4.72 Å². The Morgan fingerprint density at radius 2 is 2.00 bits per heavy atom. The van der Waals surface area contributed by atoms with Gasteiger partial charge in [-0.15, -0.1) is 0 Å². The Labute approximate surface area is 122 Å². The second-order valence-corrected chi connectivity index (χ2v) is 6.56. The van der Waals surface area contributed by atoms with E-state index in [4.69, 9.17) is 0 Å². The van der Waals surface area contributed by atoms with Gasteiger partial charge in [0.15, 0.2) is 10.8 Å². The first-order chi connectivity index (χ1) is 9.88. The van der Waals surface area contributed by atoms with Crippen molar-refractivity contribution in [2.24, 2.45) is 14.1 Å². The molecule has 0 fully saturated rings. The molecule has 0 atom stereocenters. The van der Waals surface area contributed by atoms with Crippen LogP contribution < -0.4 is 4.72 Å². The number of aromatic nitrogens is 4. The van der Waals surface area contributed by atoms with Crippen LogP contribution in [-0.4, -0.2) is 27.7 Å². The molecule has 0 aliphatic rings. The lowest BCUT2D eigenvalue weighted by Crippen LogP contribution is -2.14. The lowest BCUT2D eigenvalue weighted by atomic mass is 10.1. The van der Waals surface area contributed by atoms with Crippen LogP contribution in [0.25, 0.3) is 10.9 Å². The average Bonchev–Trinajstić information content (AvgIpc) is 2.96. The van der Waals surface area contributed by atoms with Crippen molar-refractivity contribution in [1.29, 1.82) is 0 Å². The number of hydrogen-bond acceptors (Lipinski definition) is 4. The number of para-hydroxylation sites is 1. The van der Waals surface area contributed by atoms with Gasteiger partial charge in [-0.3, -0.25) is 9.40 Å². The lowest BCUT2D eigenvalue weighted by molar-refractivity contribution is 0.597. The molecule has 1 aromatic carbocycles. The second kappa shape index (κ2) is 4.59. The number of fused-ring (bicyclic) bond motifs is 1. The van der Waals surface area contributed by atoms with Gasteiger partial charge in [-0.25, -0.2) is 4.98 Å². The smallest absolute Gasteiger partial charge is 0.282 e. The summed E-state index contributed by atoms with van der Waals surface area (Å²) in [6, 6.07) is 5.67. The molecule has 0 aliphatic carbocycles. The number of imidazole rings is 1. The summed E-state index contributed by atoms with van der Waals surface area (Å²) in [5, 5.41) is 4.99. The van der Waals surface area contributed by atoms with E-state index in [0.717, 1.165) is 16.5 Å². The molecule has 7 nitrogen and oxygen atoms in total. The van der Waals surface area contributed by atoms with Gasteiger partial charge in [-0.1, -0.05) is 12.1 Å². The fourth-order valence-electron chi connectivity index (χ4n) is 2.32.